The number of morpholine rings is 1. The number of methoxy groups -OCH3 is 1. The fourth-order valence-electron chi connectivity index (χ4n) is 1.98. The van der Waals surface area contributed by atoms with Crippen LogP contribution < -0.4 is 0 Å². The molecule has 21 heavy (non-hydrogen) atoms. The van der Waals surface area contributed by atoms with Gasteiger partial charge in [0.25, 0.3) is 0 Å². The zero-order valence-corrected chi connectivity index (χ0v) is 13.9. The summed E-state index contributed by atoms with van der Waals surface area (Å²) in [4.78, 5) is 11.0. The van der Waals surface area contributed by atoms with Gasteiger partial charge in [-0.05, 0) is 17.7 Å². The number of nitrogens with zero attached hydrogens (tertiary/aromatic N) is 1. The molecule has 1 fully saturated rings. The van der Waals surface area contributed by atoms with Gasteiger partial charge in [0, 0.05) is 13.1 Å². The van der Waals surface area contributed by atoms with Gasteiger partial charge in [0.05, 0.1) is 25.2 Å². The minimum Gasteiger partial charge on any atom is -0.468 e. The average Bonchev–Trinajstić information content (AvgIpc) is 2.54. The Morgan fingerprint density at radius 3 is 2.38 bits per heavy atom. The molecule has 6 nitrogen and oxygen atoms in total. The summed E-state index contributed by atoms with van der Waals surface area (Å²) in [6, 6.07) is 6.20. The van der Waals surface area contributed by atoms with E-state index in [1.165, 1.54) is 23.5 Å². The first-order chi connectivity index (χ1) is 9.96. The van der Waals surface area contributed by atoms with Gasteiger partial charge in [0.1, 0.15) is 4.83 Å². The zero-order valence-electron chi connectivity index (χ0n) is 11.5. The van der Waals surface area contributed by atoms with Gasteiger partial charge >= 0.3 is 5.97 Å². The quantitative estimate of drug-likeness (QED) is 0.584. The molecule has 0 bridgehead atoms. The van der Waals surface area contributed by atoms with E-state index in [1.54, 1.807) is 12.1 Å². The third kappa shape index (κ3) is 3.63. The van der Waals surface area contributed by atoms with Gasteiger partial charge < -0.3 is 9.47 Å². The van der Waals surface area contributed by atoms with Crippen LogP contribution in [0.5, 0.6) is 0 Å². The summed E-state index contributed by atoms with van der Waals surface area (Å²) in [6.45, 7) is 1.52. The summed E-state index contributed by atoms with van der Waals surface area (Å²) in [6.07, 6.45) is 0. The molecule has 1 saturated heterocycles. The van der Waals surface area contributed by atoms with Gasteiger partial charge in [0.2, 0.25) is 10.0 Å². The lowest BCUT2D eigenvalue weighted by Crippen LogP contribution is -2.40. The summed E-state index contributed by atoms with van der Waals surface area (Å²) in [5.41, 5.74) is 0.641. The molecule has 1 aromatic carbocycles. The summed E-state index contributed by atoms with van der Waals surface area (Å²) in [7, 11) is -2.21. The smallest absolute Gasteiger partial charge is 0.323 e. The zero-order chi connectivity index (χ0) is 15.5. The molecule has 0 saturated carbocycles. The molecule has 0 spiro atoms. The first-order valence-corrected chi connectivity index (χ1v) is 8.72. The largest absolute Gasteiger partial charge is 0.468 e. The van der Waals surface area contributed by atoms with E-state index in [4.69, 9.17) is 4.74 Å². The van der Waals surface area contributed by atoms with E-state index in [0.29, 0.717) is 31.9 Å². The molecule has 0 amide bonds. The Bertz CT molecular complexity index is 595. The summed E-state index contributed by atoms with van der Waals surface area (Å²) >= 11 is 3.21. The van der Waals surface area contributed by atoms with Crippen molar-refractivity contribution in [3.63, 3.8) is 0 Å². The second-order valence-corrected chi connectivity index (χ2v) is 7.32. The first-order valence-electron chi connectivity index (χ1n) is 6.36. The molecular formula is C13H16BrNO5S. The number of hydrogen-bond acceptors (Lipinski definition) is 5. The number of alkyl halides is 1. The van der Waals surface area contributed by atoms with Crippen LogP contribution in [-0.2, 0) is 24.3 Å². The highest BCUT2D eigenvalue weighted by Crippen LogP contribution is 2.26. The van der Waals surface area contributed by atoms with Crippen LogP contribution in [0.15, 0.2) is 29.2 Å². The standard InChI is InChI=1S/C13H16BrNO5S/c1-19-13(16)12(14)10-2-4-11(5-3-10)21(17,18)15-6-8-20-9-7-15/h2-5,12H,6-9H2,1H3. The number of carbonyl (C=O) groups excluding carboxylic acids is 1. The number of sulfonamides is 1. The Labute approximate surface area is 132 Å². The molecule has 1 aliphatic rings. The maximum Gasteiger partial charge on any atom is 0.323 e. The highest BCUT2D eigenvalue weighted by atomic mass is 79.9. The Morgan fingerprint density at radius 2 is 1.86 bits per heavy atom. The van der Waals surface area contributed by atoms with E-state index in [9.17, 15) is 13.2 Å². The van der Waals surface area contributed by atoms with E-state index in [-0.39, 0.29) is 4.90 Å². The van der Waals surface area contributed by atoms with Crippen molar-refractivity contribution >= 4 is 31.9 Å². The molecule has 116 valence electrons. The second kappa shape index (κ2) is 6.87. The Balaban J connectivity index is 2.20. The molecular weight excluding hydrogens is 362 g/mol. The van der Waals surface area contributed by atoms with Crippen molar-refractivity contribution < 1.29 is 22.7 Å². The normalized spacial score (nSPS) is 18.2. The molecule has 0 aromatic heterocycles. The van der Waals surface area contributed by atoms with Gasteiger partial charge in [-0.3, -0.25) is 4.79 Å². The van der Waals surface area contributed by atoms with Crippen molar-refractivity contribution in [2.24, 2.45) is 0 Å². The van der Waals surface area contributed by atoms with E-state index in [0.717, 1.165) is 0 Å². The lowest BCUT2D eigenvalue weighted by molar-refractivity contribution is -0.139. The maximum absolute atomic E-state index is 12.4. The number of benzene rings is 1. The van der Waals surface area contributed by atoms with Crippen LogP contribution in [0, 0.1) is 0 Å². The lowest BCUT2D eigenvalue weighted by Gasteiger charge is -2.26. The van der Waals surface area contributed by atoms with Crippen LogP contribution in [0.4, 0.5) is 0 Å². The molecule has 1 unspecified atom stereocenters. The molecule has 1 aliphatic heterocycles. The van der Waals surface area contributed by atoms with Crippen molar-refractivity contribution in [3.8, 4) is 0 Å². The van der Waals surface area contributed by atoms with Crippen molar-refractivity contribution in [2.45, 2.75) is 9.72 Å². The van der Waals surface area contributed by atoms with E-state index >= 15 is 0 Å². The van der Waals surface area contributed by atoms with Crippen molar-refractivity contribution in [3.05, 3.63) is 29.8 Å². The van der Waals surface area contributed by atoms with Crippen LogP contribution >= 0.6 is 15.9 Å². The van der Waals surface area contributed by atoms with Crippen LogP contribution in [0.2, 0.25) is 0 Å². The predicted molar refractivity (Wildman–Crippen MR) is 79.7 cm³/mol. The molecule has 1 heterocycles. The monoisotopic (exact) mass is 377 g/mol. The minimum absolute atomic E-state index is 0.206. The molecule has 1 aromatic rings. The van der Waals surface area contributed by atoms with Crippen LogP contribution in [-0.4, -0.2) is 52.1 Å². The van der Waals surface area contributed by atoms with Crippen molar-refractivity contribution in [2.75, 3.05) is 33.4 Å². The lowest BCUT2D eigenvalue weighted by atomic mass is 10.1. The Morgan fingerprint density at radius 1 is 1.29 bits per heavy atom. The van der Waals surface area contributed by atoms with E-state index in [2.05, 4.69) is 20.7 Å². The SMILES string of the molecule is COC(=O)C(Br)c1ccc(S(=O)(=O)N2CCOCC2)cc1. The third-order valence-electron chi connectivity index (χ3n) is 3.19. The van der Waals surface area contributed by atoms with E-state index in [1.807, 2.05) is 0 Å². The predicted octanol–water partition coefficient (Wildman–Crippen LogP) is 1.32. The Hall–Kier alpha value is -0.960. The summed E-state index contributed by atoms with van der Waals surface area (Å²) in [5, 5.41) is 0. The molecule has 2 rings (SSSR count). The highest BCUT2D eigenvalue weighted by Gasteiger charge is 2.26. The Kier molecular flexibility index (Phi) is 5.37. The van der Waals surface area contributed by atoms with Gasteiger partial charge in [0.15, 0.2) is 0 Å². The topological polar surface area (TPSA) is 72.9 Å². The first kappa shape index (κ1) is 16.4. The number of rotatable bonds is 4. The fourth-order valence-corrected chi connectivity index (χ4v) is 3.88. The van der Waals surface area contributed by atoms with Gasteiger partial charge in [-0.25, -0.2) is 8.42 Å². The van der Waals surface area contributed by atoms with Crippen molar-refractivity contribution in [1.29, 1.82) is 0 Å². The molecule has 1 atom stereocenters. The van der Waals surface area contributed by atoms with Crippen LogP contribution in [0.3, 0.4) is 0 Å². The molecule has 0 N–H and O–H groups in total. The average molecular weight is 378 g/mol. The fraction of sp³-hybridized carbons (Fsp3) is 0.462. The number of carbonyl (C=O) groups is 1. The number of esters is 1. The molecule has 0 aliphatic carbocycles. The maximum atomic E-state index is 12.4. The van der Waals surface area contributed by atoms with E-state index < -0.39 is 20.8 Å². The van der Waals surface area contributed by atoms with Crippen LogP contribution in [0.25, 0.3) is 0 Å². The molecule has 0 radical (unpaired) electrons. The summed E-state index contributed by atoms with van der Waals surface area (Å²) < 4.78 is 36.0. The van der Waals surface area contributed by atoms with Crippen molar-refractivity contribution in [1.82, 2.24) is 4.31 Å². The van der Waals surface area contributed by atoms with Gasteiger partial charge in [-0.2, -0.15) is 4.31 Å². The van der Waals surface area contributed by atoms with Gasteiger partial charge in [-0.15, -0.1) is 0 Å². The second-order valence-electron chi connectivity index (χ2n) is 4.47. The molecule has 8 heteroatoms. The third-order valence-corrected chi connectivity index (χ3v) is 6.00. The number of halogens is 1. The van der Waals surface area contributed by atoms with Gasteiger partial charge in [-0.1, -0.05) is 28.1 Å². The highest BCUT2D eigenvalue weighted by molar-refractivity contribution is 9.09. The number of ether oxygens (including phenoxy) is 2. The number of hydrogen-bond donors (Lipinski definition) is 0. The van der Waals surface area contributed by atoms with Crippen LogP contribution in [0.1, 0.15) is 10.4 Å². The minimum atomic E-state index is -3.51. The summed E-state index contributed by atoms with van der Waals surface area (Å²) in [5.74, 6) is -0.432.